The molecule has 1 fully saturated rings. The van der Waals surface area contributed by atoms with Crippen LogP contribution in [0.5, 0.6) is 0 Å². The Morgan fingerprint density at radius 2 is 2.00 bits per heavy atom. The zero-order valence-corrected chi connectivity index (χ0v) is 11.2. The molecule has 1 aliphatic carbocycles. The number of nitrogens with two attached hydrogens (primary N) is 1. The topological polar surface area (TPSA) is 38.5 Å². The molecule has 0 aromatic heterocycles. The molecule has 17 heavy (non-hydrogen) atoms. The van der Waals surface area contributed by atoms with Crippen LogP contribution in [0.4, 0.5) is 0 Å². The first kappa shape index (κ1) is 14.3. The zero-order valence-electron chi connectivity index (χ0n) is 11.2. The first-order chi connectivity index (χ1) is 8.36. The highest BCUT2D eigenvalue weighted by molar-refractivity contribution is 5.11. The molecule has 3 heteroatoms. The molecule has 0 radical (unpaired) electrons. The van der Waals surface area contributed by atoms with Gasteiger partial charge in [-0.1, -0.05) is 32.1 Å². The van der Waals surface area contributed by atoms with Crippen molar-refractivity contribution in [1.29, 1.82) is 0 Å². The van der Waals surface area contributed by atoms with Crippen molar-refractivity contribution in [2.24, 2.45) is 5.73 Å². The summed E-state index contributed by atoms with van der Waals surface area (Å²) in [7, 11) is 0. The van der Waals surface area contributed by atoms with Crippen molar-refractivity contribution in [2.75, 3.05) is 26.3 Å². The predicted octanol–water partition coefficient (Wildman–Crippen LogP) is 2.30. The van der Waals surface area contributed by atoms with Gasteiger partial charge < -0.3 is 15.4 Å². The van der Waals surface area contributed by atoms with Gasteiger partial charge in [0.1, 0.15) is 0 Å². The molecule has 0 spiro atoms. The molecule has 1 unspecified atom stereocenters. The van der Waals surface area contributed by atoms with E-state index in [1.165, 1.54) is 5.70 Å². The normalized spacial score (nSPS) is 30.2. The summed E-state index contributed by atoms with van der Waals surface area (Å²) >= 11 is 0. The minimum atomic E-state index is 0.243. The Bertz CT molecular complexity index is 255. The molecule has 98 valence electrons. The Morgan fingerprint density at radius 3 is 2.71 bits per heavy atom. The van der Waals surface area contributed by atoms with Crippen LogP contribution in [0.3, 0.4) is 0 Å². The van der Waals surface area contributed by atoms with Crippen LogP contribution in [0.2, 0.25) is 0 Å². The second-order valence-corrected chi connectivity index (χ2v) is 4.17. The van der Waals surface area contributed by atoms with E-state index in [9.17, 15) is 0 Å². The second kappa shape index (κ2) is 8.31. The fourth-order valence-corrected chi connectivity index (χ4v) is 2.09. The second-order valence-electron chi connectivity index (χ2n) is 4.17. The summed E-state index contributed by atoms with van der Waals surface area (Å²) in [5.74, 6) is 0. The maximum Gasteiger partial charge on any atom is 0.0642 e. The van der Waals surface area contributed by atoms with Crippen molar-refractivity contribution in [3.8, 4) is 0 Å². The van der Waals surface area contributed by atoms with Crippen molar-refractivity contribution in [3.63, 3.8) is 0 Å². The Kier molecular flexibility index (Phi) is 6.97. The van der Waals surface area contributed by atoms with Crippen molar-refractivity contribution >= 4 is 0 Å². The molecule has 1 saturated heterocycles. The molecule has 1 aliphatic heterocycles. The van der Waals surface area contributed by atoms with E-state index in [0.717, 1.165) is 45.6 Å². The molecule has 0 aromatic carbocycles. The van der Waals surface area contributed by atoms with E-state index in [-0.39, 0.29) is 6.04 Å². The van der Waals surface area contributed by atoms with Crippen LogP contribution in [0.1, 0.15) is 33.1 Å². The molecule has 0 saturated carbocycles. The molecule has 2 N–H and O–H groups in total. The van der Waals surface area contributed by atoms with Crippen LogP contribution in [0, 0.1) is 0 Å². The largest absolute Gasteiger partial charge is 0.378 e. The summed E-state index contributed by atoms with van der Waals surface area (Å²) in [6, 6.07) is 0.243. The monoisotopic (exact) mass is 238 g/mol. The molecule has 0 bridgehead atoms. The molecule has 1 heterocycles. The number of ether oxygens (including phenoxy) is 1. The summed E-state index contributed by atoms with van der Waals surface area (Å²) in [6.45, 7) is 7.79. The molecule has 0 amide bonds. The number of hydrogen-bond donors (Lipinski definition) is 1. The van der Waals surface area contributed by atoms with Gasteiger partial charge in [-0.25, -0.2) is 0 Å². The lowest BCUT2D eigenvalue weighted by molar-refractivity contribution is 0.0526. The van der Waals surface area contributed by atoms with Gasteiger partial charge in [0.05, 0.1) is 13.2 Å². The highest BCUT2D eigenvalue weighted by Gasteiger charge is 2.13. The molecule has 2 aliphatic rings. The zero-order chi connectivity index (χ0) is 12.5. The first-order valence-electron chi connectivity index (χ1n) is 6.80. The lowest BCUT2D eigenvalue weighted by Crippen LogP contribution is -2.35. The average Bonchev–Trinajstić information content (AvgIpc) is 2.37. The van der Waals surface area contributed by atoms with Gasteiger partial charge in [0.2, 0.25) is 0 Å². The standard InChI is InChI=1S/C12H20N2O.C2H6/c13-11-3-1-5-12(6-2-4-11)14-7-9-15-10-8-14;1-2/h1,3,6,11H,2,4-5,7-10,13H2;1-2H3/b3-1-,12-6+;. The van der Waals surface area contributed by atoms with Crippen LogP contribution < -0.4 is 5.73 Å². The number of morpholine rings is 1. The van der Waals surface area contributed by atoms with Crippen LogP contribution in [0.15, 0.2) is 23.9 Å². The average molecular weight is 238 g/mol. The van der Waals surface area contributed by atoms with Crippen LogP contribution in [-0.4, -0.2) is 37.2 Å². The van der Waals surface area contributed by atoms with Gasteiger partial charge in [-0.2, -0.15) is 0 Å². The fourth-order valence-electron chi connectivity index (χ4n) is 2.09. The maximum absolute atomic E-state index is 5.88. The lowest BCUT2D eigenvalue weighted by atomic mass is 10.1. The van der Waals surface area contributed by atoms with E-state index in [0.29, 0.717) is 0 Å². The first-order valence-corrected chi connectivity index (χ1v) is 6.80. The Balaban J connectivity index is 0.000000686. The number of rotatable bonds is 1. The van der Waals surface area contributed by atoms with E-state index in [2.05, 4.69) is 23.1 Å². The smallest absolute Gasteiger partial charge is 0.0642 e. The lowest BCUT2D eigenvalue weighted by Gasteiger charge is -2.31. The van der Waals surface area contributed by atoms with Crippen molar-refractivity contribution < 1.29 is 4.74 Å². The van der Waals surface area contributed by atoms with Crippen molar-refractivity contribution in [2.45, 2.75) is 39.2 Å². The van der Waals surface area contributed by atoms with E-state index < -0.39 is 0 Å². The third kappa shape index (κ3) is 4.92. The van der Waals surface area contributed by atoms with Gasteiger partial charge in [0, 0.05) is 31.2 Å². The predicted molar refractivity (Wildman–Crippen MR) is 72.8 cm³/mol. The van der Waals surface area contributed by atoms with Gasteiger partial charge in [0.25, 0.3) is 0 Å². The van der Waals surface area contributed by atoms with Gasteiger partial charge in [-0.15, -0.1) is 0 Å². The van der Waals surface area contributed by atoms with E-state index in [1.54, 1.807) is 0 Å². The minimum absolute atomic E-state index is 0.243. The molecular weight excluding hydrogens is 212 g/mol. The van der Waals surface area contributed by atoms with E-state index >= 15 is 0 Å². The van der Waals surface area contributed by atoms with Gasteiger partial charge in [0.15, 0.2) is 0 Å². The van der Waals surface area contributed by atoms with Gasteiger partial charge in [-0.3, -0.25) is 0 Å². The van der Waals surface area contributed by atoms with Gasteiger partial charge >= 0.3 is 0 Å². The Labute approximate surface area is 105 Å². The SMILES string of the molecule is CC.NC1/C=C\C/C(N2CCOCC2)=C\CC1. The van der Waals surface area contributed by atoms with Crippen LogP contribution in [0.25, 0.3) is 0 Å². The summed E-state index contributed by atoms with van der Waals surface area (Å²) in [6.07, 6.45) is 9.85. The third-order valence-corrected chi connectivity index (χ3v) is 3.01. The molecule has 3 nitrogen and oxygen atoms in total. The highest BCUT2D eigenvalue weighted by Crippen LogP contribution is 2.16. The highest BCUT2D eigenvalue weighted by atomic mass is 16.5. The molecule has 2 rings (SSSR count). The number of nitrogens with zero attached hydrogens (tertiary/aromatic N) is 1. The van der Waals surface area contributed by atoms with Crippen LogP contribution >= 0.6 is 0 Å². The molecular formula is C14H26N2O. The Hall–Kier alpha value is -0.800. The Morgan fingerprint density at radius 1 is 1.29 bits per heavy atom. The summed E-state index contributed by atoms with van der Waals surface area (Å²) in [4.78, 5) is 2.44. The maximum atomic E-state index is 5.88. The van der Waals surface area contributed by atoms with Crippen LogP contribution in [-0.2, 0) is 4.74 Å². The number of allylic oxidation sites excluding steroid dienone is 2. The molecule has 0 aromatic rings. The quantitative estimate of drug-likeness (QED) is 0.712. The van der Waals surface area contributed by atoms with Gasteiger partial charge in [-0.05, 0) is 12.8 Å². The summed E-state index contributed by atoms with van der Waals surface area (Å²) < 4.78 is 5.36. The fraction of sp³-hybridized carbons (Fsp3) is 0.714. The van der Waals surface area contributed by atoms with E-state index in [1.807, 2.05) is 13.8 Å². The minimum Gasteiger partial charge on any atom is -0.378 e. The van der Waals surface area contributed by atoms with Crippen molar-refractivity contribution in [3.05, 3.63) is 23.9 Å². The number of hydrogen-bond acceptors (Lipinski definition) is 3. The molecule has 1 atom stereocenters. The van der Waals surface area contributed by atoms with E-state index in [4.69, 9.17) is 10.5 Å². The summed E-state index contributed by atoms with van der Waals surface area (Å²) in [5, 5.41) is 0. The third-order valence-electron chi connectivity index (χ3n) is 3.01. The van der Waals surface area contributed by atoms with Crippen molar-refractivity contribution in [1.82, 2.24) is 4.90 Å². The summed E-state index contributed by atoms with van der Waals surface area (Å²) in [5.41, 5.74) is 7.32.